The first-order chi connectivity index (χ1) is 11.2. The zero-order chi connectivity index (χ0) is 17.6. The fourth-order valence-corrected chi connectivity index (χ4v) is 2.99. The van der Waals surface area contributed by atoms with E-state index in [0.29, 0.717) is 30.2 Å². The number of ketones is 1. The maximum atomic E-state index is 13.6. The van der Waals surface area contributed by atoms with E-state index in [1.165, 1.54) is 0 Å². The van der Waals surface area contributed by atoms with Gasteiger partial charge in [0, 0.05) is 24.1 Å². The lowest BCUT2D eigenvalue weighted by Crippen LogP contribution is -2.45. The van der Waals surface area contributed by atoms with E-state index in [1.807, 2.05) is 25.7 Å². The van der Waals surface area contributed by atoms with E-state index in [4.69, 9.17) is 0 Å². The molecule has 1 aliphatic heterocycles. The number of nitrogens with zero attached hydrogens (tertiary/aromatic N) is 2. The predicted molar refractivity (Wildman–Crippen MR) is 87.3 cm³/mol. The van der Waals surface area contributed by atoms with E-state index < -0.39 is 22.8 Å². The summed E-state index contributed by atoms with van der Waals surface area (Å²) in [6.45, 7) is 6.94. The topological polar surface area (TPSA) is 53.4 Å². The molecule has 0 aliphatic carbocycles. The van der Waals surface area contributed by atoms with Crippen LogP contribution in [0.15, 0.2) is 24.3 Å². The Morgan fingerprint density at radius 2 is 1.88 bits per heavy atom. The van der Waals surface area contributed by atoms with Gasteiger partial charge in [0.2, 0.25) is 0 Å². The number of phenolic OH excluding ortho intramolecular Hbond substituents is 1. The number of hydrogen-bond donors (Lipinski definition) is 1. The first-order valence-corrected chi connectivity index (χ1v) is 7.74. The van der Waals surface area contributed by atoms with Crippen molar-refractivity contribution in [1.29, 1.82) is 0 Å². The van der Waals surface area contributed by atoms with Crippen molar-refractivity contribution in [2.75, 3.05) is 18.0 Å². The summed E-state index contributed by atoms with van der Waals surface area (Å²) in [6, 6.07) is 5.26. The first-order valence-electron chi connectivity index (χ1n) is 7.74. The normalized spacial score (nSPS) is 16.2. The van der Waals surface area contributed by atoms with Crippen molar-refractivity contribution in [3.63, 3.8) is 0 Å². The van der Waals surface area contributed by atoms with Crippen molar-refractivity contribution in [2.45, 2.75) is 20.8 Å². The molecule has 0 radical (unpaired) electrons. The van der Waals surface area contributed by atoms with E-state index in [-0.39, 0.29) is 11.3 Å². The van der Waals surface area contributed by atoms with E-state index in [9.17, 15) is 18.7 Å². The average Bonchev–Trinajstić information content (AvgIpc) is 2.55. The average molecular weight is 332 g/mol. The molecule has 1 aromatic heterocycles. The number of benzene rings is 1. The number of carbonyl (C=O) groups excluding carboxylic acids is 1. The van der Waals surface area contributed by atoms with Crippen molar-refractivity contribution >= 4 is 11.6 Å². The van der Waals surface area contributed by atoms with Crippen LogP contribution in [0.4, 0.5) is 14.6 Å². The lowest BCUT2D eigenvalue weighted by Gasteiger charge is -2.38. The van der Waals surface area contributed by atoms with E-state index in [1.54, 1.807) is 12.1 Å². The Kier molecular flexibility index (Phi) is 3.78. The van der Waals surface area contributed by atoms with Crippen LogP contribution < -0.4 is 4.90 Å². The molecule has 0 unspecified atom stereocenters. The minimum Gasteiger partial charge on any atom is -0.503 e. The Hall–Kier alpha value is -2.50. The van der Waals surface area contributed by atoms with E-state index in [0.717, 1.165) is 12.1 Å². The summed E-state index contributed by atoms with van der Waals surface area (Å²) in [5.41, 5.74) is 0.552. The molecule has 2 aromatic rings. The Morgan fingerprint density at radius 1 is 1.25 bits per heavy atom. The highest BCUT2D eigenvalue weighted by atomic mass is 19.1. The highest BCUT2D eigenvalue weighted by Gasteiger charge is 2.38. The molecule has 3 rings (SSSR count). The number of anilines is 1. The van der Waals surface area contributed by atoms with Crippen LogP contribution in [0, 0.1) is 17.0 Å². The molecule has 0 bridgehead atoms. The second-order valence-corrected chi connectivity index (χ2v) is 6.58. The van der Waals surface area contributed by atoms with Crippen LogP contribution in [0.2, 0.25) is 0 Å². The third kappa shape index (κ3) is 2.52. The summed E-state index contributed by atoms with van der Waals surface area (Å²) < 4.78 is 27.2. The number of hydrogen-bond acceptors (Lipinski definition) is 4. The zero-order valence-corrected chi connectivity index (χ0v) is 13.7. The number of pyridine rings is 1. The molecule has 4 nitrogen and oxygen atoms in total. The molecule has 0 saturated carbocycles. The molecule has 0 saturated heterocycles. The van der Waals surface area contributed by atoms with Gasteiger partial charge in [0.1, 0.15) is 5.82 Å². The van der Waals surface area contributed by atoms with Gasteiger partial charge in [-0.05, 0) is 31.2 Å². The third-order valence-corrected chi connectivity index (χ3v) is 4.31. The van der Waals surface area contributed by atoms with Gasteiger partial charge in [-0.25, -0.2) is 13.8 Å². The van der Waals surface area contributed by atoms with Crippen molar-refractivity contribution in [2.24, 2.45) is 5.41 Å². The van der Waals surface area contributed by atoms with Crippen LogP contribution in [0.1, 0.15) is 31.1 Å². The number of carbonyl (C=O) groups is 1. The second kappa shape index (κ2) is 5.54. The van der Waals surface area contributed by atoms with Crippen molar-refractivity contribution in [3.8, 4) is 17.0 Å². The second-order valence-electron chi connectivity index (χ2n) is 6.58. The lowest BCUT2D eigenvalue weighted by molar-refractivity contribution is 0.0834. The summed E-state index contributed by atoms with van der Waals surface area (Å²) in [5.74, 6) is -2.58. The van der Waals surface area contributed by atoms with Crippen LogP contribution in [-0.4, -0.2) is 29.0 Å². The predicted octanol–water partition coefficient (Wildman–Crippen LogP) is 3.78. The molecule has 24 heavy (non-hydrogen) atoms. The van der Waals surface area contributed by atoms with Crippen LogP contribution >= 0.6 is 0 Å². The third-order valence-electron chi connectivity index (χ3n) is 4.31. The van der Waals surface area contributed by atoms with Gasteiger partial charge >= 0.3 is 0 Å². The molecule has 0 fully saturated rings. The Labute approximate surface area is 138 Å². The smallest absolute Gasteiger partial charge is 0.187 e. The monoisotopic (exact) mass is 332 g/mol. The van der Waals surface area contributed by atoms with Crippen molar-refractivity contribution in [1.82, 2.24) is 4.98 Å². The van der Waals surface area contributed by atoms with Gasteiger partial charge in [0.15, 0.2) is 23.2 Å². The molecule has 1 N–H and O–H groups in total. The van der Waals surface area contributed by atoms with Crippen LogP contribution in [0.3, 0.4) is 0 Å². The maximum Gasteiger partial charge on any atom is 0.187 e. The maximum absolute atomic E-state index is 13.6. The number of Topliss-reactive ketones (excluding diaryl/α,β-unsaturated/α-hetero) is 1. The van der Waals surface area contributed by atoms with Gasteiger partial charge in [-0.1, -0.05) is 13.8 Å². The van der Waals surface area contributed by atoms with Crippen LogP contribution in [0.5, 0.6) is 5.75 Å². The Balaban J connectivity index is 2.14. The van der Waals surface area contributed by atoms with Gasteiger partial charge in [0.05, 0.1) is 11.3 Å². The molecule has 1 aliphatic rings. The molecule has 0 amide bonds. The summed E-state index contributed by atoms with van der Waals surface area (Å²) in [5, 5.41) is 9.22. The molecule has 1 aromatic carbocycles. The zero-order valence-electron chi connectivity index (χ0n) is 13.7. The minimum atomic E-state index is -1.05. The highest BCUT2D eigenvalue weighted by molar-refractivity contribution is 6.06. The Morgan fingerprint density at radius 3 is 2.46 bits per heavy atom. The fourth-order valence-electron chi connectivity index (χ4n) is 2.99. The van der Waals surface area contributed by atoms with E-state index >= 15 is 0 Å². The van der Waals surface area contributed by atoms with Crippen molar-refractivity contribution in [3.05, 3.63) is 41.5 Å². The van der Waals surface area contributed by atoms with Crippen molar-refractivity contribution < 1.29 is 18.7 Å². The minimum absolute atomic E-state index is 0.00400. The number of fused-ring (bicyclic) bond motifs is 1. The highest BCUT2D eigenvalue weighted by Crippen LogP contribution is 2.36. The largest absolute Gasteiger partial charge is 0.503 e. The van der Waals surface area contributed by atoms with Gasteiger partial charge in [-0.15, -0.1) is 0 Å². The number of halogens is 2. The van der Waals surface area contributed by atoms with Gasteiger partial charge in [-0.3, -0.25) is 4.79 Å². The molecule has 6 heteroatoms. The molecule has 0 spiro atoms. The molecular formula is C18H18F2N2O2. The van der Waals surface area contributed by atoms with Gasteiger partial charge < -0.3 is 10.0 Å². The molecule has 126 valence electrons. The van der Waals surface area contributed by atoms with Crippen LogP contribution in [0.25, 0.3) is 11.3 Å². The number of phenols is 1. The van der Waals surface area contributed by atoms with Gasteiger partial charge in [0.25, 0.3) is 0 Å². The number of aromatic hydroxyl groups is 1. The standard InChI is InChI=1S/C18H18F2N2O2/c1-4-22-9-18(2,3)16(24)11-5-6-14(21-17(11)22)10-7-12(19)15(23)13(20)8-10/h5-8,23H,4,9H2,1-3H3. The fraction of sp³-hybridized carbons (Fsp3) is 0.333. The quantitative estimate of drug-likeness (QED) is 0.909. The molecular weight excluding hydrogens is 314 g/mol. The number of aromatic nitrogens is 1. The summed E-state index contributed by atoms with van der Waals surface area (Å²) in [6.07, 6.45) is 0. The lowest BCUT2D eigenvalue weighted by atomic mass is 9.80. The van der Waals surface area contributed by atoms with Crippen LogP contribution in [-0.2, 0) is 0 Å². The molecule has 0 atom stereocenters. The number of rotatable bonds is 2. The van der Waals surface area contributed by atoms with E-state index in [2.05, 4.69) is 4.98 Å². The van der Waals surface area contributed by atoms with Gasteiger partial charge in [-0.2, -0.15) is 0 Å². The summed E-state index contributed by atoms with van der Waals surface area (Å²) >= 11 is 0. The summed E-state index contributed by atoms with van der Waals surface area (Å²) in [4.78, 5) is 19.0. The first kappa shape index (κ1) is 16.4. The SMILES string of the molecule is CCN1CC(C)(C)C(=O)c2ccc(-c3cc(F)c(O)c(F)c3)nc21. The molecule has 2 heterocycles. The summed E-state index contributed by atoms with van der Waals surface area (Å²) in [7, 11) is 0. The Bertz CT molecular complexity index is 811.